The molecule has 7 aromatic heterocycles. The Balaban J connectivity index is 0.594. The van der Waals surface area contributed by atoms with Crippen LogP contribution < -0.4 is 4.74 Å². The molecular formula is C106H60N8O2. The van der Waals surface area contributed by atoms with Gasteiger partial charge in [-0.1, -0.05) is 261 Å². The van der Waals surface area contributed by atoms with E-state index in [1.54, 1.807) is 0 Å². The van der Waals surface area contributed by atoms with Crippen molar-refractivity contribution in [3.05, 3.63) is 358 Å². The van der Waals surface area contributed by atoms with Gasteiger partial charge in [-0.3, -0.25) is 9.13 Å². The van der Waals surface area contributed by atoms with E-state index in [-0.39, 0.29) is 12.0 Å². The van der Waals surface area contributed by atoms with Crippen molar-refractivity contribution in [2.75, 3.05) is 0 Å². The molecule has 2 unspecified atom stereocenters. The number of benzene rings is 16. The van der Waals surface area contributed by atoms with E-state index in [4.69, 9.17) is 29.1 Å². The van der Waals surface area contributed by atoms with Gasteiger partial charge < -0.3 is 18.3 Å². The lowest BCUT2D eigenvalue weighted by Gasteiger charge is -2.15. The van der Waals surface area contributed by atoms with Gasteiger partial charge in [0.15, 0.2) is 11.3 Å². The van der Waals surface area contributed by atoms with Gasteiger partial charge in [0.25, 0.3) is 0 Å². The second-order valence-corrected chi connectivity index (χ2v) is 31.4. The number of hydrogen-bond donors (Lipinski definition) is 0. The first-order valence-electron chi connectivity index (χ1n) is 39.7. The summed E-state index contributed by atoms with van der Waals surface area (Å²) >= 11 is 0. The van der Waals surface area contributed by atoms with E-state index >= 15 is 0 Å². The zero-order valence-corrected chi connectivity index (χ0v) is 62.0. The minimum Gasteiger partial charge on any atom is -0.481 e. The molecule has 3 aliphatic heterocycles. The van der Waals surface area contributed by atoms with E-state index in [1.807, 2.05) is 12.1 Å². The molecule has 0 saturated carbocycles. The fraction of sp³-hybridized carbons (Fsp3) is 0.0189. The highest BCUT2D eigenvalue weighted by Gasteiger charge is 2.39. The number of hydrogen-bond acceptors (Lipinski definition) is 6. The van der Waals surface area contributed by atoms with E-state index in [2.05, 4.69) is 358 Å². The molecular weight excluding hydrogens is 1420 g/mol. The average Bonchev–Trinajstić information content (AvgIpc) is 1.54. The van der Waals surface area contributed by atoms with Gasteiger partial charge in [0.05, 0.1) is 67.1 Å². The standard InChI is InChI=1S/C106H60N8O2/c1-2-26-67-59(21-1)45-46-64-53-66(48-49-68(64)67)98-104-100(81-34-10-16-44-96(81)116-104)110-106(108-98)114-90-42-14-8-32-75(90)84-56-92-86(58-94(84)114)79-38-20-36-77-82-54-63(47-50-71(82)73-30-6-12-40-88(73)112(92)102(77)79)61-23-17-22-60(51-61)62-24-18-25-65(52-62)97-103-99(80-33-9-15-43-95(80)115-103)109-105(107-97)113-89-41-13-7-31-74(89)83-55-91-85(57-93(83)113)78-37-19-35-76-70-28-4-3-27-69(70)72-29-5-11-39-87(72)111(91)101(76)78/h1-58,81,96H. The Morgan fingerprint density at radius 1 is 0.267 bits per heavy atom. The molecule has 10 nitrogen and oxygen atoms in total. The molecule has 536 valence electrons. The number of aromatic nitrogens is 8. The highest BCUT2D eigenvalue weighted by molar-refractivity contribution is 6.25. The number of nitrogens with zero attached hydrogens (tertiary/aromatic N) is 8. The third kappa shape index (κ3) is 8.52. The van der Waals surface area contributed by atoms with E-state index in [9.17, 15) is 0 Å². The Morgan fingerprint density at radius 2 is 0.733 bits per heavy atom. The van der Waals surface area contributed by atoms with Gasteiger partial charge in [-0.05, 0) is 157 Å². The van der Waals surface area contributed by atoms with Crippen LogP contribution >= 0.6 is 0 Å². The lowest BCUT2D eigenvalue weighted by Crippen LogP contribution is -2.16. The molecule has 0 amide bonds. The first-order chi connectivity index (χ1) is 57.5. The topological polar surface area (TPSA) is 93.7 Å². The molecule has 116 heavy (non-hydrogen) atoms. The summed E-state index contributed by atoms with van der Waals surface area (Å²) in [4.78, 5) is 22.5. The third-order valence-electron chi connectivity index (χ3n) is 25.4. The van der Waals surface area contributed by atoms with Crippen molar-refractivity contribution >= 4 is 131 Å². The number of furan rings is 1. The fourth-order valence-corrected chi connectivity index (χ4v) is 20.3. The molecule has 1 aliphatic carbocycles. The van der Waals surface area contributed by atoms with Gasteiger partial charge >= 0.3 is 0 Å². The molecule has 23 aromatic rings. The van der Waals surface area contributed by atoms with Gasteiger partial charge in [-0.25, -0.2) is 19.9 Å². The van der Waals surface area contributed by atoms with E-state index in [1.165, 1.54) is 66.0 Å². The average molecular weight is 1480 g/mol. The summed E-state index contributed by atoms with van der Waals surface area (Å²) in [6.45, 7) is 0. The molecule has 10 heterocycles. The van der Waals surface area contributed by atoms with Crippen LogP contribution in [0.4, 0.5) is 0 Å². The largest absolute Gasteiger partial charge is 0.481 e. The normalized spacial score (nSPS) is 14.4. The molecule has 0 fully saturated rings. The van der Waals surface area contributed by atoms with Crippen molar-refractivity contribution in [1.82, 2.24) is 38.2 Å². The number of ether oxygens (including phenoxy) is 1. The van der Waals surface area contributed by atoms with Crippen LogP contribution in [0.1, 0.15) is 11.6 Å². The summed E-state index contributed by atoms with van der Waals surface area (Å²) in [5, 5.41) is 14.8. The van der Waals surface area contributed by atoms with Crippen LogP contribution in [0.25, 0.3) is 243 Å². The van der Waals surface area contributed by atoms with Gasteiger partial charge in [0, 0.05) is 81.9 Å². The van der Waals surface area contributed by atoms with Crippen molar-refractivity contribution in [2.24, 2.45) is 0 Å². The Labute approximate surface area is 661 Å². The minimum absolute atomic E-state index is 0.0676. The predicted octanol–water partition coefficient (Wildman–Crippen LogP) is 26.8. The third-order valence-corrected chi connectivity index (χ3v) is 25.4. The van der Waals surface area contributed by atoms with Crippen LogP contribution in [0, 0.1) is 0 Å². The smallest absolute Gasteiger partial charge is 0.236 e. The second-order valence-electron chi connectivity index (χ2n) is 31.4. The van der Waals surface area contributed by atoms with E-state index in [0.29, 0.717) is 23.2 Å². The summed E-state index contributed by atoms with van der Waals surface area (Å²) in [5.41, 5.74) is 31.4. The van der Waals surface area contributed by atoms with E-state index < -0.39 is 0 Å². The second kappa shape index (κ2) is 23.1. The number of allylic oxidation sites excluding steroid dienone is 2. The van der Waals surface area contributed by atoms with Gasteiger partial charge in [-0.2, -0.15) is 0 Å². The van der Waals surface area contributed by atoms with Crippen LogP contribution in [0.3, 0.4) is 0 Å². The molecule has 2 atom stereocenters. The van der Waals surface area contributed by atoms with Crippen LogP contribution in [-0.2, 0) is 0 Å². The highest BCUT2D eigenvalue weighted by Crippen LogP contribution is 2.54. The zero-order chi connectivity index (χ0) is 75.3. The van der Waals surface area contributed by atoms with Crippen molar-refractivity contribution in [1.29, 1.82) is 0 Å². The molecule has 0 radical (unpaired) electrons. The summed E-state index contributed by atoms with van der Waals surface area (Å²) < 4.78 is 23.4. The monoisotopic (exact) mass is 1480 g/mol. The molecule has 0 spiro atoms. The minimum atomic E-state index is -0.185. The molecule has 4 aliphatic rings. The zero-order valence-electron chi connectivity index (χ0n) is 62.0. The highest BCUT2D eigenvalue weighted by atomic mass is 16.5. The first-order valence-corrected chi connectivity index (χ1v) is 39.7. The lowest BCUT2D eigenvalue weighted by atomic mass is 9.90. The van der Waals surface area contributed by atoms with Crippen molar-refractivity contribution in [3.63, 3.8) is 0 Å². The van der Waals surface area contributed by atoms with Crippen LogP contribution in [0.5, 0.6) is 5.75 Å². The number of para-hydroxylation sites is 7. The molecule has 0 N–H and O–H groups in total. The van der Waals surface area contributed by atoms with Crippen LogP contribution in [0.2, 0.25) is 0 Å². The maximum Gasteiger partial charge on any atom is 0.236 e. The Bertz CT molecular complexity index is 8490. The Kier molecular flexibility index (Phi) is 12.4. The van der Waals surface area contributed by atoms with Crippen molar-refractivity contribution < 1.29 is 9.15 Å². The van der Waals surface area contributed by atoms with Crippen LogP contribution in [0.15, 0.2) is 356 Å². The quantitative estimate of drug-likeness (QED) is 0.154. The van der Waals surface area contributed by atoms with Gasteiger partial charge in [-0.15, -0.1) is 0 Å². The maximum absolute atomic E-state index is 6.91. The van der Waals surface area contributed by atoms with E-state index in [0.717, 1.165) is 166 Å². The summed E-state index contributed by atoms with van der Waals surface area (Å²) in [6.07, 6.45) is 8.37. The summed E-state index contributed by atoms with van der Waals surface area (Å²) in [5.74, 6) is 1.84. The Hall–Kier alpha value is -15.5. The SMILES string of the molecule is C1=CC2Oc3c(-c4ccc5c(ccc6ccccc65)c4)nc(-n4c5ccccc5c5cc6c(cc54)c4cccc5c4n6-c4ccccc4-c4ccc(-c6cccc(-c7cccc(-c8nc(-n9c%10ccccc%10c%10cc%11c(cc%109)c9cccc%10c9n%11-c9ccccc9-c9ccccc9-%10)nc9c8oc8ccccc89)c7)c6)cc4-5)nc3C2C=C1. The molecule has 10 heteroatoms. The molecule has 27 rings (SSSR count). The van der Waals surface area contributed by atoms with Crippen LogP contribution in [-0.4, -0.2) is 44.3 Å². The molecule has 0 saturated heterocycles. The number of fused-ring (bicyclic) bond motifs is 31. The molecule has 16 aromatic carbocycles. The maximum atomic E-state index is 6.91. The lowest BCUT2D eigenvalue weighted by molar-refractivity contribution is 0.269. The van der Waals surface area contributed by atoms with Gasteiger partial charge in [0.2, 0.25) is 11.9 Å². The fourth-order valence-electron chi connectivity index (χ4n) is 20.3. The molecule has 0 bridgehead atoms. The van der Waals surface area contributed by atoms with Gasteiger partial charge in [0.1, 0.15) is 28.6 Å². The summed E-state index contributed by atoms with van der Waals surface area (Å²) in [6, 6.07) is 120. The number of rotatable bonds is 6. The van der Waals surface area contributed by atoms with Crippen molar-refractivity contribution in [3.8, 4) is 118 Å². The predicted molar refractivity (Wildman–Crippen MR) is 473 cm³/mol. The van der Waals surface area contributed by atoms with Crippen molar-refractivity contribution in [2.45, 2.75) is 12.0 Å². The Morgan fingerprint density at radius 3 is 1.42 bits per heavy atom. The first kappa shape index (κ1) is 62.2. The summed E-state index contributed by atoms with van der Waals surface area (Å²) in [7, 11) is 0.